The van der Waals surface area contributed by atoms with Gasteiger partial charge in [0.25, 0.3) is 0 Å². The van der Waals surface area contributed by atoms with Crippen LogP contribution >= 0.6 is 23.4 Å². The molecule has 1 unspecified atom stereocenters. The summed E-state index contributed by atoms with van der Waals surface area (Å²) in [4.78, 5) is 12.7. The predicted octanol–water partition coefficient (Wildman–Crippen LogP) is 5.62. The number of amides is 1. The van der Waals surface area contributed by atoms with Gasteiger partial charge >= 0.3 is 0 Å². The monoisotopic (exact) mass is 516 g/mol. The van der Waals surface area contributed by atoms with Crippen molar-refractivity contribution in [3.63, 3.8) is 0 Å². The fraction of sp³-hybridized carbons (Fsp3) is 0.320. The highest BCUT2D eigenvalue weighted by Crippen LogP contribution is 2.36. The number of thioether (sulfide) groups is 1. The van der Waals surface area contributed by atoms with Crippen LogP contribution in [0.15, 0.2) is 48.1 Å². The Morgan fingerprint density at radius 2 is 1.94 bits per heavy atom. The molecule has 0 bridgehead atoms. The Labute approximate surface area is 214 Å². The molecule has 1 aromatic heterocycles. The van der Waals surface area contributed by atoms with Crippen molar-refractivity contribution < 1.29 is 19.0 Å². The Balaban J connectivity index is 1.73. The van der Waals surface area contributed by atoms with Crippen LogP contribution in [0.3, 0.4) is 0 Å². The van der Waals surface area contributed by atoms with E-state index in [1.807, 2.05) is 43.5 Å². The molecule has 1 heterocycles. The van der Waals surface area contributed by atoms with Crippen LogP contribution in [-0.2, 0) is 11.3 Å². The first-order valence-corrected chi connectivity index (χ1v) is 12.3. The van der Waals surface area contributed by atoms with Crippen LogP contribution in [0.25, 0.3) is 0 Å². The lowest BCUT2D eigenvalue weighted by Crippen LogP contribution is -2.16. The summed E-state index contributed by atoms with van der Waals surface area (Å²) in [5.41, 5.74) is 2.69. The SMILES string of the molecule is C=CCn1c(SCC(=O)Nc2cc(OC)c(Cl)cc2OC)nnc1C(C)Oc1cccc(C)c1C. The number of hydrogen-bond donors (Lipinski definition) is 1. The second kappa shape index (κ2) is 12.0. The average molecular weight is 517 g/mol. The minimum atomic E-state index is -0.350. The van der Waals surface area contributed by atoms with Gasteiger partial charge in [-0.1, -0.05) is 41.6 Å². The predicted molar refractivity (Wildman–Crippen MR) is 139 cm³/mol. The van der Waals surface area contributed by atoms with Crippen LogP contribution < -0.4 is 19.5 Å². The summed E-state index contributed by atoms with van der Waals surface area (Å²) >= 11 is 7.41. The summed E-state index contributed by atoms with van der Waals surface area (Å²) in [6, 6.07) is 9.15. The lowest BCUT2D eigenvalue weighted by Gasteiger charge is -2.18. The number of methoxy groups -OCH3 is 2. The Kier molecular flexibility index (Phi) is 9.06. The Bertz CT molecular complexity index is 1210. The molecule has 0 spiro atoms. The van der Waals surface area contributed by atoms with Gasteiger partial charge in [0.15, 0.2) is 17.1 Å². The molecule has 0 fully saturated rings. The highest BCUT2D eigenvalue weighted by molar-refractivity contribution is 7.99. The van der Waals surface area contributed by atoms with Crippen molar-refractivity contribution in [2.24, 2.45) is 0 Å². The van der Waals surface area contributed by atoms with E-state index in [0.717, 1.165) is 16.9 Å². The van der Waals surface area contributed by atoms with Crippen LogP contribution in [0.2, 0.25) is 5.02 Å². The van der Waals surface area contributed by atoms with Gasteiger partial charge in [-0.25, -0.2) is 0 Å². The quantitative estimate of drug-likeness (QED) is 0.261. The molecule has 35 heavy (non-hydrogen) atoms. The molecule has 186 valence electrons. The van der Waals surface area contributed by atoms with E-state index in [9.17, 15) is 4.79 Å². The maximum absolute atomic E-state index is 12.7. The van der Waals surface area contributed by atoms with Crippen LogP contribution in [0.4, 0.5) is 5.69 Å². The highest BCUT2D eigenvalue weighted by Gasteiger charge is 2.21. The number of benzene rings is 2. The lowest BCUT2D eigenvalue weighted by atomic mass is 10.1. The molecule has 0 saturated carbocycles. The summed E-state index contributed by atoms with van der Waals surface area (Å²) in [6.07, 6.45) is 1.41. The molecule has 1 N–H and O–H groups in total. The third kappa shape index (κ3) is 6.29. The fourth-order valence-corrected chi connectivity index (χ4v) is 4.36. The summed E-state index contributed by atoms with van der Waals surface area (Å²) in [5, 5.41) is 12.4. The molecule has 0 aliphatic rings. The molecule has 8 nitrogen and oxygen atoms in total. The molecule has 0 radical (unpaired) electrons. The number of halogens is 1. The van der Waals surface area contributed by atoms with Crippen molar-refractivity contribution >= 4 is 35.0 Å². The molecule has 0 aliphatic carbocycles. The van der Waals surface area contributed by atoms with Crippen molar-refractivity contribution in [3.05, 3.63) is 65.0 Å². The maximum Gasteiger partial charge on any atom is 0.234 e. The van der Waals surface area contributed by atoms with E-state index < -0.39 is 0 Å². The average Bonchev–Trinajstić information content (AvgIpc) is 3.24. The third-order valence-electron chi connectivity index (χ3n) is 5.36. The number of aromatic nitrogens is 3. The molecule has 3 rings (SSSR count). The summed E-state index contributed by atoms with van der Waals surface area (Å²) < 4.78 is 18.6. The van der Waals surface area contributed by atoms with Crippen molar-refractivity contribution in [2.45, 2.75) is 38.6 Å². The molecule has 1 amide bonds. The van der Waals surface area contributed by atoms with Gasteiger partial charge in [-0.2, -0.15) is 0 Å². The van der Waals surface area contributed by atoms with Gasteiger partial charge in [-0.3, -0.25) is 9.36 Å². The number of nitrogens with zero attached hydrogens (tertiary/aromatic N) is 3. The van der Waals surface area contributed by atoms with Gasteiger partial charge in [0.2, 0.25) is 5.91 Å². The van der Waals surface area contributed by atoms with E-state index >= 15 is 0 Å². The minimum absolute atomic E-state index is 0.107. The molecule has 0 aliphatic heterocycles. The molecular weight excluding hydrogens is 488 g/mol. The summed E-state index contributed by atoms with van der Waals surface area (Å²) in [5.74, 6) is 2.18. The van der Waals surface area contributed by atoms with Gasteiger partial charge in [-0.05, 0) is 38.0 Å². The standard InChI is InChI=1S/C25H29ClN4O4S/c1-7-11-30-24(17(4)34-20-10-8-9-15(2)16(20)3)28-29-25(30)35-14-23(31)27-19-13-21(32-5)18(26)12-22(19)33-6/h7-10,12-13,17H,1,11,14H2,2-6H3,(H,27,31). The molecule has 0 saturated heterocycles. The van der Waals surface area contributed by atoms with Crippen molar-refractivity contribution in [1.82, 2.24) is 14.8 Å². The molecule has 10 heteroatoms. The largest absolute Gasteiger partial charge is 0.495 e. The second-order valence-corrected chi connectivity index (χ2v) is 9.07. The van der Waals surface area contributed by atoms with E-state index in [0.29, 0.717) is 39.7 Å². The summed E-state index contributed by atoms with van der Waals surface area (Å²) in [6.45, 7) is 10.3. The van der Waals surface area contributed by atoms with Gasteiger partial charge in [-0.15, -0.1) is 16.8 Å². The van der Waals surface area contributed by atoms with Crippen LogP contribution in [0.1, 0.15) is 30.0 Å². The third-order valence-corrected chi connectivity index (χ3v) is 6.62. The number of anilines is 1. The first kappa shape index (κ1) is 26.4. The minimum Gasteiger partial charge on any atom is -0.495 e. The first-order valence-electron chi connectivity index (χ1n) is 10.9. The Hall–Kier alpha value is -3.17. The van der Waals surface area contributed by atoms with Gasteiger partial charge in [0, 0.05) is 18.7 Å². The number of carbonyl (C=O) groups excluding carboxylic acids is 1. The Morgan fingerprint density at radius 3 is 2.63 bits per heavy atom. The number of aryl methyl sites for hydroxylation is 1. The van der Waals surface area contributed by atoms with Crippen molar-refractivity contribution in [3.8, 4) is 17.2 Å². The fourth-order valence-electron chi connectivity index (χ4n) is 3.38. The topological polar surface area (TPSA) is 87.5 Å². The Morgan fingerprint density at radius 1 is 1.20 bits per heavy atom. The highest BCUT2D eigenvalue weighted by atomic mass is 35.5. The molecule has 1 atom stereocenters. The second-order valence-electron chi connectivity index (χ2n) is 7.72. The number of allylic oxidation sites excluding steroid dienone is 1. The number of carbonyl (C=O) groups is 1. The van der Waals surface area contributed by atoms with Crippen molar-refractivity contribution in [1.29, 1.82) is 0 Å². The van der Waals surface area contributed by atoms with Crippen LogP contribution in [-0.4, -0.2) is 40.6 Å². The van der Waals surface area contributed by atoms with Gasteiger partial charge < -0.3 is 19.5 Å². The smallest absolute Gasteiger partial charge is 0.234 e. The van der Waals surface area contributed by atoms with Crippen molar-refractivity contribution in [2.75, 3.05) is 25.3 Å². The van der Waals surface area contributed by atoms with Crippen LogP contribution in [0.5, 0.6) is 17.2 Å². The van der Waals surface area contributed by atoms with Gasteiger partial charge in [0.05, 0.1) is 30.7 Å². The number of nitrogens with one attached hydrogen (secondary N) is 1. The lowest BCUT2D eigenvalue weighted by molar-refractivity contribution is -0.113. The summed E-state index contributed by atoms with van der Waals surface area (Å²) in [7, 11) is 3.01. The zero-order chi connectivity index (χ0) is 25.5. The van der Waals surface area contributed by atoms with Gasteiger partial charge in [0.1, 0.15) is 17.2 Å². The molecule has 3 aromatic rings. The van der Waals surface area contributed by atoms with E-state index in [4.69, 9.17) is 25.8 Å². The number of hydrogen-bond acceptors (Lipinski definition) is 7. The van der Waals surface area contributed by atoms with E-state index in [1.54, 1.807) is 18.2 Å². The molecule has 2 aromatic carbocycles. The maximum atomic E-state index is 12.7. The van der Waals surface area contributed by atoms with E-state index in [2.05, 4.69) is 22.1 Å². The van der Waals surface area contributed by atoms with Crippen LogP contribution in [0, 0.1) is 13.8 Å². The number of ether oxygens (including phenoxy) is 3. The number of rotatable bonds is 11. The zero-order valence-electron chi connectivity index (χ0n) is 20.4. The normalized spacial score (nSPS) is 11.6. The van der Waals surface area contributed by atoms with E-state index in [1.165, 1.54) is 26.0 Å². The van der Waals surface area contributed by atoms with E-state index in [-0.39, 0.29) is 17.8 Å². The molecular formula is C25H29ClN4O4S. The first-order chi connectivity index (χ1) is 16.8. The zero-order valence-corrected chi connectivity index (χ0v) is 22.0.